The van der Waals surface area contributed by atoms with Gasteiger partial charge in [-0.2, -0.15) is 0 Å². The molecule has 4 heteroatoms. The summed E-state index contributed by atoms with van der Waals surface area (Å²) in [7, 11) is 0. The molecule has 0 amide bonds. The minimum atomic E-state index is 0.325. The average Bonchev–Trinajstić information content (AvgIpc) is 2.48. The summed E-state index contributed by atoms with van der Waals surface area (Å²) in [5.74, 6) is 0.706. The molecule has 0 aromatic carbocycles. The van der Waals surface area contributed by atoms with Gasteiger partial charge in [0.2, 0.25) is 0 Å². The molecule has 0 bridgehead atoms. The molecule has 1 aliphatic heterocycles. The van der Waals surface area contributed by atoms with Crippen molar-refractivity contribution >= 4 is 45.2 Å². The van der Waals surface area contributed by atoms with E-state index in [4.69, 9.17) is 5.73 Å². The summed E-state index contributed by atoms with van der Waals surface area (Å²) in [5.41, 5.74) is 6.21. The Balaban J connectivity index is 2.42. The van der Waals surface area contributed by atoms with Gasteiger partial charge >= 0.3 is 0 Å². The lowest BCUT2D eigenvalue weighted by Crippen LogP contribution is -2.45. The van der Waals surface area contributed by atoms with E-state index in [1.807, 2.05) is 0 Å². The number of halogens is 2. The van der Waals surface area contributed by atoms with Crippen LogP contribution >= 0.6 is 45.2 Å². The van der Waals surface area contributed by atoms with Crippen molar-refractivity contribution in [3.05, 3.63) is 0 Å². The van der Waals surface area contributed by atoms with Crippen LogP contribution in [0.3, 0.4) is 0 Å². The van der Waals surface area contributed by atoms with E-state index < -0.39 is 0 Å². The van der Waals surface area contributed by atoms with E-state index in [0.717, 1.165) is 6.42 Å². The second kappa shape index (κ2) is 6.20. The van der Waals surface area contributed by atoms with Crippen LogP contribution in [0, 0.1) is 5.92 Å². The van der Waals surface area contributed by atoms with Crippen LogP contribution in [0.2, 0.25) is 0 Å². The van der Waals surface area contributed by atoms with Crippen molar-refractivity contribution in [1.29, 1.82) is 0 Å². The highest BCUT2D eigenvalue weighted by Crippen LogP contribution is 2.29. The summed E-state index contributed by atoms with van der Waals surface area (Å²) in [6, 6.07) is 0.325. The summed E-state index contributed by atoms with van der Waals surface area (Å²) in [5, 5.41) is 0. The Morgan fingerprint density at radius 1 is 1.50 bits per heavy atom. The first kappa shape index (κ1) is 13.4. The summed E-state index contributed by atoms with van der Waals surface area (Å²) in [6.45, 7) is 5.72. The number of hydrogen-bond acceptors (Lipinski definition) is 2. The van der Waals surface area contributed by atoms with Gasteiger partial charge < -0.3 is 5.73 Å². The molecule has 0 saturated carbocycles. The standard InChI is InChI=1S/C10H20I2N2/c1-7(2)6-8(13)10(12)14-5-3-4-9(14)11/h7-10H,3-6,13H2,1-2H3/t8?,9?,10-/m1/s1. The number of rotatable bonds is 4. The van der Waals surface area contributed by atoms with Crippen molar-refractivity contribution in [3.63, 3.8) is 0 Å². The topological polar surface area (TPSA) is 29.3 Å². The molecule has 1 aliphatic rings. The molecular weight excluding hydrogens is 402 g/mol. The van der Waals surface area contributed by atoms with Crippen LogP contribution in [0.4, 0.5) is 0 Å². The summed E-state index contributed by atoms with van der Waals surface area (Å²) < 4.78 is 1.21. The average molecular weight is 422 g/mol. The fourth-order valence-corrected chi connectivity index (χ4v) is 4.57. The van der Waals surface area contributed by atoms with Crippen molar-refractivity contribution in [1.82, 2.24) is 4.90 Å². The van der Waals surface area contributed by atoms with Crippen LogP contribution in [0.15, 0.2) is 0 Å². The van der Waals surface area contributed by atoms with E-state index >= 15 is 0 Å². The fourth-order valence-electron chi connectivity index (χ4n) is 1.93. The van der Waals surface area contributed by atoms with Crippen molar-refractivity contribution in [2.75, 3.05) is 6.54 Å². The third kappa shape index (κ3) is 3.75. The van der Waals surface area contributed by atoms with Crippen molar-refractivity contribution in [2.45, 2.75) is 47.2 Å². The minimum absolute atomic E-state index is 0.325. The zero-order valence-corrected chi connectivity index (χ0v) is 13.2. The normalized spacial score (nSPS) is 28.3. The lowest BCUT2D eigenvalue weighted by molar-refractivity contribution is 0.272. The molecule has 1 fully saturated rings. The Labute approximate surface area is 115 Å². The van der Waals surface area contributed by atoms with E-state index in [0.29, 0.717) is 20.1 Å². The smallest absolute Gasteiger partial charge is 0.0780 e. The van der Waals surface area contributed by atoms with Crippen LogP contribution in [-0.4, -0.2) is 25.6 Å². The van der Waals surface area contributed by atoms with Crippen LogP contribution in [0.25, 0.3) is 0 Å². The van der Waals surface area contributed by atoms with Crippen LogP contribution < -0.4 is 5.73 Å². The number of hydrogen-bond donors (Lipinski definition) is 1. The fraction of sp³-hybridized carbons (Fsp3) is 1.00. The third-order valence-corrected chi connectivity index (χ3v) is 5.61. The molecule has 0 aromatic rings. The predicted molar refractivity (Wildman–Crippen MR) is 79.0 cm³/mol. The Morgan fingerprint density at radius 2 is 2.14 bits per heavy atom. The Bertz CT molecular complexity index is 176. The van der Waals surface area contributed by atoms with Crippen LogP contribution in [0.5, 0.6) is 0 Å². The van der Waals surface area contributed by atoms with Crippen LogP contribution in [-0.2, 0) is 0 Å². The highest BCUT2D eigenvalue weighted by Gasteiger charge is 2.30. The Hall–Kier alpha value is 1.38. The zero-order valence-electron chi connectivity index (χ0n) is 8.92. The molecule has 0 spiro atoms. The first-order valence-electron chi connectivity index (χ1n) is 5.32. The lowest BCUT2D eigenvalue weighted by Gasteiger charge is -2.31. The van der Waals surface area contributed by atoms with E-state index in [-0.39, 0.29) is 0 Å². The molecule has 1 rings (SSSR count). The zero-order chi connectivity index (χ0) is 10.7. The SMILES string of the molecule is CC(C)CC(N)[C@H](I)N1CCCC1I. The molecule has 2 N–H and O–H groups in total. The number of alkyl halides is 2. The highest BCUT2D eigenvalue weighted by atomic mass is 127. The molecule has 2 unspecified atom stereocenters. The summed E-state index contributed by atoms with van der Waals surface area (Å²) in [4.78, 5) is 2.55. The van der Waals surface area contributed by atoms with Crippen molar-refractivity contribution < 1.29 is 0 Å². The first-order chi connectivity index (χ1) is 6.52. The molecule has 84 valence electrons. The summed E-state index contributed by atoms with van der Waals surface area (Å²) in [6.07, 6.45) is 3.80. The molecule has 3 atom stereocenters. The first-order valence-corrected chi connectivity index (χ1v) is 7.81. The van der Waals surface area contributed by atoms with Gasteiger partial charge in [-0.15, -0.1) is 0 Å². The van der Waals surface area contributed by atoms with Gasteiger partial charge in [-0.05, 0) is 25.2 Å². The van der Waals surface area contributed by atoms with Gasteiger partial charge in [0, 0.05) is 12.6 Å². The van der Waals surface area contributed by atoms with Gasteiger partial charge in [0.25, 0.3) is 0 Å². The van der Waals surface area contributed by atoms with E-state index in [1.54, 1.807) is 0 Å². The molecule has 14 heavy (non-hydrogen) atoms. The van der Waals surface area contributed by atoms with E-state index in [1.165, 1.54) is 19.4 Å². The number of likely N-dealkylation sites (tertiary alicyclic amines) is 1. The highest BCUT2D eigenvalue weighted by molar-refractivity contribution is 14.1. The van der Waals surface area contributed by atoms with Gasteiger partial charge in [-0.25, -0.2) is 0 Å². The summed E-state index contributed by atoms with van der Waals surface area (Å²) >= 11 is 5.06. The van der Waals surface area contributed by atoms with Crippen molar-refractivity contribution in [2.24, 2.45) is 11.7 Å². The predicted octanol–water partition coefficient (Wildman–Crippen LogP) is 2.98. The second-order valence-electron chi connectivity index (χ2n) is 4.48. The Kier molecular flexibility index (Phi) is 5.95. The minimum Gasteiger partial charge on any atom is -0.326 e. The van der Waals surface area contributed by atoms with Crippen molar-refractivity contribution in [3.8, 4) is 0 Å². The Morgan fingerprint density at radius 3 is 2.57 bits per heavy atom. The van der Waals surface area contributed by atoms with Gasteiger partial charge in [-0.3, -0.25) is 4.90 Å². The lowest BCUT2D eigenvalue weighted by atomic mass is 10.0. The maximum Gasteiger partial charge on any atom is 0.0780 e. The maximum atomic E-state index is 6.21. The number of nitrogens with two attached hydrogens (primary N) is 1. The van der Waals surface area contributed by atoms with Gasteiger partial charge in [0.05, 0.1) is 8.10 Å². The number of nitrogens with zero attached hydrogens (tertiary/aromatic N) is 1. The third-order valence-electron chi connectivity index (χ3n) is 2.63. The van der Waals surface area contributed by atoms with Crippen LogP contribution in [0.1, 0.15) is 33.1 Å². The maximum absolute atomic E-state index is 6.21. The largest absolute Gasteiger partial charge is 0.326 e. The monoisotopic (exact) mass is 422 g/mol. The van der Waals surface area contributed by atoms with Gasteiger partial charge in [-0.1, -0.05) is 59.0 Å². The molecule has 0 aromatic heterocycles. The van der Waals surface area contributed by atoms with Gasteiger partial charge in [0.1, 0.15) is 0 Å². The molecular formula is C10H20I2N2. The van der Waals surface area contributed by atoms with E-state index in [9.17, 15) is 0 Å². The quantitative estimate of drug-likeness (QED) is 0.429. The molecule has 2 nitrogen and oxygen atoms in total. The van der Waals surface area contributed by atoms with E-state index in [2.05, 4.69) is 63.9 Å². The second-order valence-corrected chi connectivity index (χ2v) is 7.19. The van der Waals surface area contributed by atoms with Gasteiger partial charge in [0.15, 0.2) is 0 Å². The molecule has 0 radical (unpaired) electrons. The molecule has 0 aliphatic carbocycles. The molecule has 1 heterocycles. The molecule has 1 saturated heterocycles.